The first-order valence-electron chi connectivity index (χ1n) is 10.1. The Kier molecular flexibility index (Phi) is 3.94. The Morgan fingerprint density at radius 3 is 2.47 bits per heavy atom. The molecule has 3 aromatic carbocycles. The van der Waals surface area contributed by atoms with Gasteiger partial charge in [0.1, 0.15) is 18.2 Å². The summed E-state index contributed by atoms with van der Waals surface area (Å²) >= 11 is 0. The predicted molar refractivity (Wildman–Crippen MR) is 108 cm³/mol. The number of hydrogen-bond acceptors (Lipinski definition) is 4. The van der Waals surface area contributed by atoms with Crippen molar-refractivity contribution in [2.75, 3.05) is 24.8 Å². The minimum absolute atomic E-state index is 0.153. The van der Waals surface area contributed by atoms with E-state index < -0.39 is 23.0 Å². The van der Waals surface area contributed by atoms with Crippen molar-refractivity contribution in [3.63, 3.8) is 0 Å². The van der Waals surface area contributed by atoms with E-state index in [4.69, 9.17) is 14.2 Å². The Hall–Kier alpha value is -3.42. The first kappa shape index (κ1) is 19.3. The van der Waals surface area contributed by atoms with E-state index >= 15 is 0 Å². The molecule has 0 N–H and O–H groups in total. The molecule has 0 radical (unpaired) electrons. The van der Waals surface area contributed by atoms with Crippen LogP contribution < -0.4 is 19.1 Å². The van der Waals surface area contributed by atoms with Crippen molar-refractivity contribution in [1.82, 2.24) is 0 Å². The maximum Gasteiger partial charge on any atom is 0.419 e. The van der Waals surface area contributed by atoms with Crippen LogP contribution in [-0.2, 0) is 18.1 Å². The lowest BCUT2D eigenvalue weighted by Gasteiger charge is -2.25. The number of nitrogens with zero attached hydrogens (tertiary/aromatic N) is 1. The van der Waals surface area contributed by atoms with E-state index in [1.165, 1.54) is 6.07 Å². The van der Waals surface area contributed by atoms with Crippen LogP contribution in [0.4, 0.5) is 23.2 Å². The lowest BCUT2D eigenvalue weighted by Crippen LogP contribution is -2.35. The first-order chi connectivity index (χ1) is 15.3. The lowest BCUT2D eigenvalue weighted by molar-refractivity contribution is -0.140. The Morgan fingerprint density at radius 2 is 1.66 bits per heavy atom. The average molecular weight is 443 g/mol. The van der Waals surface area contributed by atoms with Gasteiger partial charge in [0.15, 0.2) is 11.5 Å². The predicted octanol–water partition coefficient (Wildman–Crippen LogP) is 5.27. The zero-order chi connectivity index (χ0) is 22.1. The zero-order valence-electron chi connectivity index (χ0n) is 16.7. The molecule has 1 unspecified atom stereocenters. The van der Waals surface area contributed by atoms with E-state index in [0.717, 1.165) is 28.9 Å². The van der Waals surface area contributed by atoms with Gasteiger partial charge in [-0.15, -0.1) is 0 Å². The highest BCUT2D eigenvalue weighted by atomic mass is 19.4. The molecule has 32 heavy (non-hydrogen) atoms. The van der Waals surface area contributed by atoms with Crippen molar-refractivity contribution in [1.29, 1.82) is 0 Å². The Balaban J connectivity index is 1.40. The fraction of sp³-hybridized carbons (Fsp3) is 0.250. The molecule has 1 spiro atoms. The number of fused-ring (bicyclic) bond motifs is 5. The molecule has 3 aliphatic heterocycles. The summed E-state index contributed by atoms with van der Waals surface area (Å²) in [5.74, 6) is 0.730. The SMILES string of the molecule is Fc1ccc(CN2CC3(COc4cc5c(cc43)OCO5)c3ccccc32)cc1C(F)(F)F. The quantitative estimate of drug-likeness (QED) is 0.505. The normalized spacial score (nSPS) is 20.4. The second-order valence-corrected chi connectivity index (χ2v) is 8.26. The number of para-hydroxylation sites is 1. The van der Waals surface area contributed by atoms with Crippen LogP contribution in [0.5, 0.6) is 17.2 Å². The van der Waals surface area contributed by atoms with Crippen LogP contribution in [0.1, 0.15) is 22.3 Å². The largest absolute Gasteiger partial charge is 0.492 e. The van der Waals surface area contributed by atoms with Crippen LogP contribution in [0.15, 0.2) is 54.6 Å². The summed E-state index contributed by atoms with van der Waals surface area (Å²) in [5.41, 5.74) is 1.57. The summed E-state index contributed by atoms with van der Waals surface area (Å²) in [4.78, 5) is 2.02. The molecule has 8 heteroatoms. The second kappa shape index (κ2) is 6.54. The minimum atomic E-state index is -4.75. The van der Waals surface area contributed by atoms with Crippen molar-refractivity contribution in [2.45, 2.75) is 18.1 Å². The Labute approximate surface area is 180 Å². The molecule has 164 valence electrons. The Morgan fingerprint density at radius 1 is 0.875 bits per heavy atom. The van der Waals surface area contributed by atoms with Gasteiger partial charge in [-0.05, 0) is 35.4 Å². The van der Waals surface area contributed by atoms with Gasteiger partial charge in [0.05, 0.1) is 11.0 Å². The number of hydrogen-bond donors (Lipinski definition) is 0. The van der Waals surface area contributed by atoms with Gasteiger partial charge >= 0.3 is 6.18 Å². The lowest BCUT2D eigenvalue weighted by atomic mass is 9.77. The topological polar surface area (TPSA) is 30.9 Å². The van der Waals surface area contributed by atoms with Crippen LogP contribution in [0.3, 0.4) is 0 Å². The third kappa shape index (κ3) is 2.75. The molecule has 0 saturated heterocycles. The molecular weight excluding hydrogens is 426 g/mol. The summed E-state index contributed by atoms with van der Waals surface area (Å²) < 4.78 is 70.4. The van der Waals surface area contributed by atoms with Gasteiger partial charge in [-0.25, -0.2) is 4.39 Å². The van der Waals surface area contributed by atoms with Crippen LogP contribution in [-0.4, -0.2) is 19.9 Å². The fourth-order valence-electron chi connectivity index (χ4n) is 4.95. The van der Waals surface area contributed by atoms with Crippen molar-refractivity contribution < 1.29 is 31.8 Å². The highest BCUT2D eigenvalue weighted by Gasteiger charge is 2.50. The number of halogens is 4. The van der Waals surface area contributed by atoms with Crippen molar-refractivity contribution >= 4 is 5.69 Å². The molecular formula is C24H17F4NO3. The van der Waals surface area contributed by atoms with Crippen molar-refractivity contribution in [3.8, 4) is 17.2 Å². The summed E-state index contributed by atoms with van der Waals surface area (Å²) in [7, 11) is 0. The van der Waals surface area contributed by atoms with Crippen LogP contribution >= 0.6 is 0 Å². The first-order valence-corrected chi connectivity index (χ1v) is 10.1. The molecule has 1 atom stereocenters. The summed E-state index contributed by atoms with van der Waals surface area (Å²) in [6.07, 6.45) is -4.75. The number of anilines is 1. The molecule has 3 aliphatic rings. The van der Waals surface area contributed by atoms with Gasteiger partial charge in [0.25, 0.3) is 0 Å². The molecule has 4 nitrogen and oxygen atoms in total. The molecule has 3 aromatic rings. The van der Waals surface area contributed by atoms with Gasteiger partial charge in [0.2, 0.25) is 6.79 Å². The maximum atomic E-state index is 13.8. The van der Waals surface area contributed by atoms with Crippen LogP contribution in [0.25, 0.3) is 0 Å². The minimum Gasteiger partial charge on any atom is -0.492 e. The van der Waals surface area contributed by atoms with E-state index in [-0.39, 0.29) is 13.3 Å². The summed E-state index contributed by atoms with van der Waals surface area (Å²) in [5, 5.41) is 0. The fourth-order valence-corrected chi connectivity index (χ4v) is 4.95. The molecule has 0 fully saturated rings. The van der Waals surface area contributed by atoms with Gasteiger partial charge in [0, 0.05) is 30.4 Å². The third-order valence-corrected chi connectivity index (χ3v) is 6.40. The van der Waals surface area contributed by atoms with E-state index in [9.17, 15) is 17.6 Å². The molecule has 0 bridgehead atoms. The molecule has 0 aromatic heterocycles. The van der Waals surface area contributed by atoms with E-state index in [0.29, 0.717) is 36.0 Å². The Bertz CT molecular complexity index is 1240. The maximum absolute atomic E-state index is 13.8. The third-order valence-electron chi connectivity index (χ3n) is 6.40. The average Bonchev–Trinajstić information content (AvgIpc) is 3.45. The second-order valence-electron chi connectivity index (χ2n) is 8.26. The van der Waals surface area contributed by atoms with E-state index in [1.54, 1.807) is 0 Å². The monoisotopic (exact) mass is 443 g/mol. The number of ether oxygens (including phenoxy) is 3. The van der Waals surface area contributed by atoms with Crippen molar-refractivity contribution in [2.24, 2.45) is 0 Å². The van der Waals surface area contributed by atoms with E-state index in [2.05, 4.69) is 0 Å². The summed E-state index contributed by atoms with van der Waals surface area (Å²) in [6.45, 7) is 1.27. The van der Waals surface area contributed by atoms with Gasteiger partial charge in [-0.3, -0.25) is 0 Å². The van der Waals surface area contributed by atoms with Gasteiger partial charge in [-0.2, -0.15) is 13.2 Å². The van der Waals surface area contributed by atoms with Crippen LogP contribution in [0.2, 0.25) is 0 Å². The number of rotatable bonds is 2. The van der Waals surface area contributed by atoms with Gasteiger partial charge in [-0.1, -0.05) is 24.3 Å². The van der Waals surface area contributed by atoms with E-state index in [1.807, 2.05) is 41.3 Å². The van der Waals surface area contributed by atoms with Gasteiger partial charge < -0.3 is 19.1 Å². The summed E-state index contributed by atoms with van der Waals surface area (Å²) in [6, 6.07) is 14.7. The zero-order valence-corrected chi connectivity index (χ0v) is 16.7. The number of alkyl halides is 3. The molecule has 0 saturated carbocycles. The molecule has 6 rings (SSSR count). The molecule has 0 aliphatic carbocycles. The molecule has 0 amide bonds. The highest BCUT2D eigenvalue weighted by Crippen LogP contribution is 2.54. The standard InChI is InChI=1S/C24H17F4NO3/c25-18-6-5-14(7-16(18)24(26,27)28)10-29-11-23(15-3-1-2-4-19(15)29)12-30-20-9-22-21(8-17(20)23)31-13-32-22/h1-9H,10-13H2. The van der Waals surface area contributed by atoms with Crippen LogP contribution in [0, 0.1) is 5.82 Å². The number of benzene rings is 3. The smallest absolute Gasteiger partial charge is 0.419 e. The molecule has 3 heterocycles. The van der Waals surface area contributed by atoms with Crippen molar-refractivity contribution in [3.05, 3.63) is 82.7 Å². The highest BCUT2D eigenvalue weighted by molar-refractivity contribution is 5.71.